The highest BCUT2D eigenvalue weighted by atomic mass is 19.1. The summed E-state index contributed by atoms with van der Waals surface area (Å²) in [5.41, 5.74) is 3.29. The second-order valence-corrected chi connectivity index (χ2v) is 7.30. The lowest BCUT2D eigenvalue weighted by Crippen LogP contribution is -2.31. The van der Waals surface area contributed by atoms with Crippen molar-refractivity contribution in [1.82, 2.24) is 24.6 Å². The molecule has 1 atom stereocenters. The molecule has 0 radical (unpaired) electrons. The maximum Gasteiger partial charge on any atom is 0.257 e. The Balaban J connectivity index is 1.48. The average Bonchev–Trinajstić information content (AvgIpc) is 3.45. The Hall–Kier alpha value is -3.48. The molecule has 0 bridgehead atoms. The molecule has 4 aromatic rings. The van der Waals surface area contributed by atoms with Crippen LogP contribution in [0.25, 0.3) is 16.7 Å². The van der Waals surface area contributed by atoms with Crippen LogP contribution in [-0.2, 0) is 0 Å². The van der Waals surface area contributed by atoms with Crippen molar-refractivity contribution in [2.45, 2.75) is 25.8 Å². The smallest absolute Gasteiger partial charge is 0.257 e. The maximum absolute atomic E-state index is 14.2. The Morgan fingerprint density at radius 2 is 1.97 bits per heavy atom. The molecular weight excluding hydrogens is 369 g/mol. The highest BCUT2D eigenvalue weighted by molar-refractivity contribution is 5.95. The van der Waals surface area contributed by atoms with Crippen LogP contribution in [0.5, 0.6) is 0 Å². The highest BCUT2D eigenvalue weighted by Gasteiger charge is 2.34. The van der Waals surface area contributed by atoms with E-state index in [1.165, 1.54) is 16.9 Å². The summed E-state index contributed by atoms with van der Waals surface area (Å²) in [6.07, 6.45) is 3.29. The monoisotopic (exact) mass is 389 g/mol. The van der Waals surface area contributed by atoms with E-state index in [9.17, 15) is 9.18 Å². The number of benzene rings is 2. The van der Waals surface area contributed by atoms with Crippen LogP contribution in [0.4, 0.5) is 4.39 Å². The van der Waals surface area contributed by atoms with Crippen molar-refractivity contribution in [3.05, 3.63) is 77.6 Å². The molecular formula is C22H20FN5O. The minimum atomic E-state index is -0.376. The lowest BCUT2D eigenvalue weighted by Gasteiger charge is -2.23. The fraction of sp³-hybridized carbons (Fsp3) is 0.227. The van der Waals surface area contributed by atoms with Gasteiger partial charge >= 0.3 is 0 Å². The van der Waals surface area contributed by atoms with E-state index in [1.807, 2.05) is 29.2 Å². The van der Waals surface area contributed by atoms with Gasteiger partial charge in [0, 0.05) is 6.54 Å². The van der Waals surface area contributed by atoms with Crippen LogP contribution >= 0.6 is 0 Å². The van der Waals surface area contributed by atoms with E-state index in [-0.39, 0.29) is 17.8 Å². The van der Waals surface area contributed by atoms with Gasteiger partial charge in [-0.25, -0.2) is 14.1 Å². The molecule has 146 valence electrons. The zero-order valence-corrected chi connectivity index (χ0v) is 16.0. The molecule has 1 unspecified atom stereocenters. The SMILES string of the molecule is Cc1c(C(=O)N2CCCC2c2nc3ccccc3[nH]2)cnn1-c1ccccc1F. The van der Waals surface area contributed by atoms with Crippen molar-refractivity contribution < 1.29 is 9.18 Å². The van der Waals surface area contributed by atoms with E-state index in [2.05, 4.69) is 15.1 Å². The molecule has 1 fully saturated rings. The van der Waals surface area contributed by atoms with Gasteiger partial charge in [0.15, 0.2) is 0 Å². The number of aromatic nitrogens is 4. The molecule has 1 aliphatic heterocycles. The normalized spacial score (nSPS) is 16.6. The molecule has 1 N–H and O–H groups in total. The van der Waals surface area contributed by atoms with E-state index < -0.39 is 0 Å². The standard InChI is InChI=1S/C22H20FN5O/c1-14-15(13-24-28(14)19-10-5-2-7-16(19)23)22(29)27-12-6-11-20(27)21-25-17-8-3-4-9-18(17)26-21/h2-5,7-10,13,20H,6,11-12H2,1H3,(H,25,26). The van der Waals surface area contributed by atoms with Crippen LogP contribution in [0.2, 0.25) is 0 Å². The third kappa shape index (κ3) is 2.90. The number of H-pyrrole nitrogens is 1. The molecule has 2 aromatic carbocycles. The van der Waals surface area contributed by atoms with Crippen LogP contribution in [0.15, 0.2) is 54.7 Å². The van der Waals surface area contributed by atoms with Crippen LogP contribution in [0, 0.1) is 12.7 Å². The predicted molar refractivity (Wildman–Crippen MR) is 107 cm³/mol. The molecule has 29 heavy (non-hydrogen) atoms. The van der Waals surface area contributed by atoms with Crippen molar-refractivity contribution in [3.8, 4) is 5.69 Å². The van der Waals surface area contributed by atoms with E-state index in [0.717, 1.165) is 29.7 Å². The molecule has 5 rings (SSSR count). The summed E-state index contributed by atoms with van der Waals surface area (Å²) < 4.78 is 15.7. The molecule has 0 aliphatic carbocycles. The first-order valence-electron chi connectivity index (χ1n) is 9.68. The minimum absolute atomic E-state index is 0.104. The number of amides is 1. The Kier molecular flexibility index (Phi) is 4.16. The number of nitrogens with zero attached hydrogens (tertiary/aromatic N) is 4. The molecule has 0 saturated carbocycles. The zero-order chi connectivity index (χ0) is 20.0. The quantitative estimate of drug-likeness (QED) is 0.572. The lowest BCUT2D eigenvalue weighted by atomic mass is 10.1. The van der Waals surface area contributed by atoms with Crippen molar-refractivity contribution in [2.24, 2.45) is 0 Å². The fourth-order valence-electron chi connectivity index (χ4n) is 4.07. The van der Waals surface area contributed by atoms with Crippen LogP contribution in [0.1, 0.15) is 40.8 Å². The molecule has 6 nitrogen and oxygen atoms in total. The number of para-hydroxylation sites is 3. The van der Waals surface area contributed by atoms with Crippen LogP contribution in [-0.4, -0.2) is 37.1 Å². The summed E-state index contributed by atoms with van der Waals surface area (Å²) >= 11 is 0. The number of rotatable bonds is 3. The van der Waals surface area contributed by atoms with Gasteiger partial charge < -0.3 is 9.88 Å². The number of carbonyl (C=O) groups is 1. The van der Waals surface area contributed by atoms with Crippen molar-refractivity contribution in [1.29, 1.82) is 0 Å². The minimum Gasteiger partial charge on any atom is -0.340 e. The number of likely N-dealkylation sites (tertiary alicyclic amines) is 1. The summed E-state index contributed by atoms with van der Waals surface area (Å²) in [7, 11) is 0. The number of carbonyl (C=O) groups excluding carboxylic acids is 1. The molecule has 1 aliphatic rings. The third-order valence-electron chi connectivity index (χ3n) is 5.56. The van der Waals surface area contributed by atoms with Crippen molar-refractivity contribution >= 4 is 16.9 Å². The summed E-state index contributed by atoms with van der Waals surface area (Å²) in [5.74, 6) is 0.322. The van der Waals surface area contributed by atoms with Gasteiger partial charge in [-0.2, -0.15) is 5.10 Å². The van der Waals surface area contributed by atoms with Gasteiger partial charge in [0.25, 0.3) is 5.91 Å². The maximum atomic E-state index is 14.2. The van der Waals surface area contributed by atoms with E-state index >= 15 is 0 Å². The first kappa shape index (κ1) is 17.6. The second-order valence-electron chi connectivity index (χ2n) is 7.30. The number of nitrogens with one attached hydrogen (secondary N) is 1. The van der Waals surface area contributed by atoms with Gasteiger partial charge in [-0.05, 0) is 44.0 Å². The largest absolute Gasteiger partial charge is 0.340 e. The van der Waals surface area contributed by atoms with E-state index in [0.29, 0.717) is 23.5 Å². The Bertz CT molecular complexity index is 1180. The van der Waals surface area contributed by atoms with Gasteiger partial charge in [-0.3, -0.25) is 4.79 Å². The molecule has 1 saturated heterocycles. The average molecular weight is 389 g/mol. The molecule has 3 heterocycles. The Morgan fingerprint density at radius 1 is 1.17 bits per heavy atom. The Morgan fingerprint density at radius 3 is 2.79 bits per heavy atom. The Labute approximate surface area is 167 Å². The molecule has 0 spiro atoms. The van der Waals surface area contributed by atoms with Gasteiger partial charge in [0.05, 0.1) is 34.5 Å². The van der Waals surface area contributed by atoms with Crippen LogP contribution in [0.3, 0.4) is 0 Å². The highest BCUT2D eigenvalue weighted by Crippen LogP contribution is 2.33. The van der Waals surface area contributed by atoms with E-state index in [4.69, 9.17) is 0 Å². The van der Waals surface area contributed by atoms with Gasteiger partial charge in [0.2, 0.25) is 0 Å². The van der Waals surface area contributed by atoms with E-state index in [1.54, 1.807) is 25.1 Å². The summed E-state index contributed by atoms with van der Waals surface area (Å²) in [6, 6.07) is 14.2. The number of halogens is 1. The summed E-state index contributed by atoms with van der Waals surface area (Å²) in [6.45, 7) is 2.45. The van der Waals surface area contributed by atoms with Gasteiger partial charge in [-0.15, -0.1) is 0 Å². The summed E-state index contributed by atoms with van der Waals surface area (Å²) in [4.78, 5) is 23.2. The number of hydrogen-bond donors (Lipinski definition) is 1. The van der Waals surface area contributed by atoms with Gasteiger partial charge in [-0.1, -0.05) is 24.3 Å². The fourth-order valence-corrected chi connectivity index (χ4v) is 4.07. The lowest BCUT2D eigenvalue weighted by molar-refractivity contribution is 0.0730. The summed E-state index contributed by atoms with van der Waals surface area (Å²) in [5, 5.41) is 4.28. The number of fused-ring (bicyclic) bond motifs is 1. The number of aromatic amines is 1. The third-order valence-corrected chi connectivity index (χ3v) is 5.56. The zero-order valence-electron chi connectivity index (χ0n) is 16.0. The predicted octanol–water partition coefficient (Wildman–Crippen LogP) is 4.17. The van der Waals surface area contributed by atoms with Crippen LogP contribution < -0.4 is 0 Å². The van der Waals surface area contributed by atoms with Crippen molar-refractivity contribution in [2.75, 3.05) is 6.54 Å². The molecule has 2 aromatic heterocycles. The second kappa shape index (κ2) is 6.84. The first-order chi connectivity index (χ1) is 14.1. The van der Waals surface area contributed by atoms with Gasteiger partial charge in [0.1, 0.15) is 17.3 Å². The molecule has 1 amide bonds. The number of imidazole rings is 1. The molecule has 7 heteroatoms. The first-order valence-corrected chi connectivity index (χ1v) is 9.68. The topological polar surface area (TPSA) is 66.8 Å². The number of hydrogen-bond acceptors (Lipinski definition) is 3. The van der Waals surface area contributed by atoms with Crippen molar-refractivity contribution in [3.63, 3.8) is 0 Å².